The number of carbonyl (C=O) groups is 1. The van der Waals surface area contributed by atoms with Crippen molar-refractivity contribution in [3.05, 3.63) is 0 Å². The van der Waals surface area contributed by atoms with Crippen LogP contribution in [0.4, 0.5) is 0 Å². The van der Waals surface area contributed by atoms with Crippen LogP contribution >= 0.6 is 0 Å². The van der Waals surface area contributed by atoms with E-state index in [4.69, 9.17) is 5.11 Å². The lowest BCUT2D eigenvalue weighted by molar-refractivity contribution is -0.112. The molecule has 16 heavy (non-hydrogen) atoms. The predicted octanol–water partition coefficient (Wildman–Crippen LogP) is 1.91. The highest BCUT2D eigenvalue weighted by molar-refractivity contribution is 5.54. The summed E-state index contributed by atoms with van der Waals surface area (Å²) in [7, 11) is 0. The van der Waals surface area contributed by atoms with Crippen molar-refractivity contribution < 1.29 is 15.0 Å². The first-order valence-corrected chi connectivity index (χ1v) is 6.53. The monoisotopic (exact) mass is 228 g/mol. The van der Waals surface area contributed by atoms with E-state index in [0.29, 0.717) is 0 Å². The van der Waals surface area contributed by atoms with E-state index in [1.807, 2.05) is 0 Å². The summed E-state index contributed by atoms with van der Waals surface area (Å²) >= 11 is 0. The standard InChI is InChI=1S/C13H24O3/c14-9-5-3-1-2-4-6-12-11(10-15)7-8-13(12)16/h10-14,16H,1-9H2. The molecule has 0 heterocycles. The van der Waals surface area contributed by atoms with Gasteiger partial charge in [0.2, 0.25) is 0 Å². The normalized spacial score (nSPS) is 29.5. The molecule has 94 valence electrons. The Morgan fingerprint density at radius 3 is 2.44 bits per heavy atom. The molecule has 3 atom stereocenters. The molecule has 1 aliphatic rings. The summed E-state index contributed by atoms with van der Waals surface area (Å²) < 4.78 is 0. The lowest BCUT2D eigenvalue weighted by Crippen LogP contribution is -2.19. The van der Waals surface area contributed by atoms with Crippen LogP contribution in [0.2, 0.25) is 0 Å². The Balaban J connectivity index is 2.09. The second-order valence-corrected chi connectivity index (χ2v) is 4.89. The van der Waals surface area contributed by atoms with Crippen LogP contribution in [0.25, 0.3) is 0 Å². The molecule has 1 rings (SSSR count). The van der Waals surface area contributed by atoms with Gasteiger partial charge in [-0.25, -0.2) is 0 Å². The summed E-state index contributed by atoms with van der Waals surface area (Å²) in [5.74, 6) is 0.294. The molecule has 3 unspecified atom stereocenters. The maximum Gasteiger partial charge on any atom is 0.123 e. The molecule has 1 saturated carbocycles. The molecule has 0 aliphatic heterocycles. The largest absolute Gasteiger partial charge is 0.396 e. The maximum atomic E-state index is 10.8. The average Bonchev–Trinajstić information content (AvgIpc) is 2.65. The molecule has 0 amide bonds. The van der Waals surface area contributed by atoms with E-state index >= 15 is 0 Å². The molecule has 0 bridgehead atoms. The van der Waals surface area contributed by atoms with E-state index in [9.17, 15) is 9.90 Å². The first-order chi connectivity index (χ1) is 7.79. The number of rotatable bonds is 8. The summed E-state index contributed by atoms with van der Waals surface area (Å²) in [6.07, 6.45) is 8.76. The van der Waals surface area contributed by atoms with Gasteiger partial charge in [-0.3, -0.25) is 0 Å². The minimum Gasteiger partial charge on any atom is -0.396 e. The van der Waals surface area contributed by atoms with E-state index in [1.165, 1.54) is 0 Å². The molecular weight excluding hydrogens is 204 g/mol. The van der Waals surface area contributed by atoms with Gasteiger partial charge >= 0.3 is 0 Å². The van der Waals surface area contributed by atoms with E-state index in [-0.39, 0.29) is 24.5 Å². The number of hydrogen-bond donors (Lipinski definition) is 2. The summed E-state index contributed by atoms with van der Waals surface area (Å²) in [5, 5.41) is 18.4. The number of aliphatic hydroxyl groups excluding tert-OH is 2. The van der Waals surface area contributed by atoms with Crippen molar-refractivity contribution in [1.82, 2.24) is 0 Å². The van der Waals surface area contributed by atoms with Crippen LogP contribution in [0.15, 0.2) is 0 Å². The average molecular weight is 228 g/mol. The number of unbranched alkanes of at least 4 members (excludes halogenated alkanes) is 4. The molecule has 2 N–H and O–H groups in total. The molecule has 1 fully saturated rings. The van der Waals surface area contributed by atoms with E-state index in [0.717, 1.165) is 57.7 Å². The quantitative estimate of drug-likeness (QED) is 0.493. The van der Waals surface area contributed by atoms with Gasteiger partial charge in [-0.1, -0.05) is 25.7 Å². The molecule has 0 aromatic heterocycles. The van der Waals surface area contributed by atoms with Gasteiger partial charge in [0.25, 0.3) is 0 Å². The van der Waals surface area contributed by atoms with Crippen LogP contribution in [0.1, 0.15) is 51.4 Å². The van der Waals surface area contributed by atoms with Crippen LogP contribution < -0.4 is 0 Å². The second-order valence-electron chi connectivity index (χ2n) is 4.89. The minimum atomic E-state index is -0.257. The predicted molar refractivity (Wildman–Crippen MR) is 63.1 cm³/mol. The fourth-order valence-corrected chi connectivity index (χ4v) is 2.67. The zero-order chi connectivity index (χ0) is 11.8. The van der Waals surface area contributed by atoms with Gasteiger partial charge in [0, 0.05) is 12.5 Å². The third kappa shape index (κ3) is 4.22. The number of carbonyl (C=O) groups excluding carboxylic acids is 1. The van der Waals surface area contributed by atoms with E-state index in [2.05, 4.69) is 0 Å². The zero-order valence-corrected chi connectivity index (χ0v) is 9.98. The highest BCUT2D eigenvalue weighted by Crippen LogP contribution is 2.34. The molecule has 0 radical (unpaired) electrons. The van der Waals surface area contributed by atoms with Crippen molar-refractivity contribution in [3.8, 4) is 0 Å². The van der Waals surface area contributed by atoms with Crippen LogP contribution in [-0.2, 0) is 4.79 Å². The Kier molecular flexibility index (Phi) is 6.65. The molecule has 0 aromatic carbocycles. The summed E-state index contributed by atoms with van der Waals surface area (Å²) in [4.78, 5) is 10.8. The third-order valence-electron chi connectivity index (χ3n) is 3.71. The minimum absolute atomic E-state index is 0.0902. The molecule has 3 nitrogen and oxygen atoms in total. The number of aliphatic hydroxyl groups is 2. The van der Waals surface area contributed by atoms with Crippen molar-refractivity contribution in [2.45, 2.75) is 57.5 Å². The lowest BCUT2D eigenvalue weighted by Gasteiger charge is -2.17. The first kappa shape index (κ1) is 13.7. The van der Waals surface area contributed by atoms with Crippen molar-refractivity contribution in [2.24, 2.45) is 11.8 Å². The SMILES string of the molecule is O=CC1CCC(O)C1CCCCCCCO. The molecule has 0 spiro atoms. The molecule has 0 aromatic rings. The molecule has 0 saturated heterocycles. The smallest absolute Gasteiger partial charge is 0.123 e. The third-order valence-corrected chi connectivity index (χ3v) is 3.71. The van der Waals surface area contributed by atoms with Crippen LogP contribution in [0.5, 0.6) is 0 Å². The Labute approximate surface area is 97.9 Å². The van der Waals surface area contributed by atoms with Crippen LogP contribution in [0.3, 0.4) is 0 Å². The Hall–Kier alpha value is -0.410. The van der Waals surface area contributed by atoms with Crippen molar-refractivity contribution in [3.63, 3.8) is 0 Å². The summed E-state index contributed by atoms with van der Waals surface area (Å²) in [6.45, 7) is 0.286. The topological polar surface area (TPSA) is 57.5 Å². The lowest BCUT2D eigenvalue weighted by atomic mass is 9.90. The highest BCUT2D eigenvalue weighted by atomic mass is 16.3. The second kappa shape index (κ2) is 7.80. The Morgan fingerprint density at radius 2 is 1.75 bits per heavy atom. The van der Waals surface area contributed by atoms with E-state index < -0.39 is 0 Å². The van der Waals surface area contributed by atoms with Crippen LogP contribution in [0, 0.1) is 11.8 Å². The first-order valence-electron chi connectivity index (χ1n) is 6.53. The van der Waals surface area contributed by atoms with Crippen LogP contribution in [-0.4, -0.2) is 29.2 Å². The fourth-order valence-electron chi connectivity index (χ4n) is 2.67. The van der Waals surface area contributed by atoms with E-state index in [1.54, 1.807) is 0 Å². The highest BCUT2D eigenvalue weighted by Gasteiger charge is 2.33. The van der Waals surface area contributed by atoms with Gasteiger partial charge in [-0.15, -0.1) is 0 Å². The molecule has 1 aliphatic carbocycles. The summed E-state index contributed by atoms with van der Waals surface area (Å²) in [6, 6.07) is 0. The number of aldehydes is 1. The maximum absolute atomic E-state index is 10.8. The van der Waals surface area contributed by atoms with Gasteiger partial charge in [0.1, 0.15) is 6.29 Å². The Bertz CT molecular complexity index is 194. The molecular formula is C13H24O3. The van der Waals surface area contributed by atoms with Crippen molar-refractivity contribution in [2.75, 3.05) is 6.61 Å². The fraction of sp³-hybridized carbons (Fsp3) is 0.923. The van der Waals surface area contributed by atoms with Gasteiger partial charge in [-0.05, 0) is 31.6 Å². The Morgan fingerprint density at radius 1 is 1.06 bits per heavy atom. The van der Waals surface area contributed by atoms with Gasteiger partial charge in [-0.2, -0.15) is 0 Å². The number of hydrogen-bond acceptors (Lipinski definition) is 3. The zero-order valence-electron chi connectivity index (χ0n) is 9.98. The van der Waals surface area contributed by atoms with Gasteiger partial charge in [0.15, 0.2) is 0 Å². The summed E-state index contributed by atoms with van der Waals surface area (Å²) in [5.41, 5.74) is 0. The van der Waals surface area contributed by atoms with Crippen molar-refractivity contribution >= 4 is 6.29 Å². The van der Waals surface area contributed by atoms with Gasteiger partial charge in [0.05, 0.1) is 6.10 Å². The molecule has 3 heteroatoms. The van der Waals surface area contributed by atoms with Crippen molar-refractivity contribution in [1.29, 1.82) is 0 Å². The van der Waals surface area contributed by atoms with Gasteiger partial charge < -0.3 is 15.0 Å².